The third-order valence-electron chi connectivity index (χ3n) is 4.39. The summed E-state index contributed by atoms with van der Waals surface area (Å²) in [6, 6.07) is 6.01. The van der Waals surface area contributed by atoms with Gasteiger partial charge in [-0.3, -0.25) is 0 Å². The molecule has 0 saturated carbocycles. The maximum Gasteiger partial charge on any atom is 0.119 e. The van der Waals surface area contributed by atoms with Crippen LogP contribution in [0.25, 0.3) is 0 Å². The third-order valence-corrected chi connectivity index (χ3v) is 4.39. The molecule has 0 fully saturated rings. The summed E-state index contributed by atoms with van der Waals surface area (Å²) < 4.78 is 7.37. The van der Waals surface area contributed by atoms with E-state index >= 15 is 0 Å². The van der Waals surface area contributed by atoms with Gasteiger partial charge in [0, 0.05) is 5.69 Å². The summed E-state index contributed by atoms with van der Waals surface area (Å²) in [5.74, 6) is 0.794. The summed E-state index contributed by atoms with van der Waals surface area (Å²) >= 11 is 0. The van der Waals surface area contributed by atoms with E-state index in [2.05, 4.69) is 22.5 Å². The molecule has 2 unspecified atom stereocenters. The average molecular weight is 272 g/mol. The van der Waals surface area contributed by atoms with Gasteiger partial charge in [-0.1, -0.05) is 6.07 Å². The van der Waals surface area contributed by atoms with Crippen LogP contribution in [0.2, 0.25) is 0 Å². The summed E-state index contributed by atoms with van der Waals surface area (Å²) in [5.41, 5.74) is 4.34. The van der Waals surface area contributed by atoms with Crippen LogP contribution >= 0.6 is 0 Å². The number of benzene rings is 1. The van der Waals surface area contributed by atoms with E-state index in [-0.39, 0.29) is 6.04 Å². The molecule has 2 aromatic rings. The Labute approximate surface area is 119 Å². The lowest BCUT2D eigenvalue weighted by Crippen LogP contribution is -2.24. The Hall–Kier alpha value is -1.81. The fraction of sp³-hybridized carbons (Fsp3) is 0.438. The van der Waals surface area contributed by atoms with Gasteiger partial charge in [0.05, 0.1) is 25.2 Å². The van der Waals surface area contributed by atoms with E-state index in [9.17, 15) is 5.11 Å². The molecule has 0 radical (unpaired) electrons. The topological polar surface area (TPSA) is 47.3 Å². The van der Waals surface area contributed by atoms with Crippen LogP contribution in [0.4, 0.5) is 0 Å². The van der Waals surface area contributed by atoms with E-state index in [1.807, 2.05) is 25.4 Å². The highest BCUT2D eigenvalue weighted by molar-refractivity contribution is 5.39. The number of hydrogen-bond acceptors (Lipinski definition) is 3. The number of rotatable bonds is 2. The fourth-order valence-electron chi connectivity index (χ4n) is 3.01. The Morgan fingerprint density at radius 3 is 2.80 bits per heavy atom. The number of imidazole rings is 1. The Balaban J connectivity index is 1.99. The molecule has 3 rings (SSSR count). The van der Waals surface area contributed by atoms with Crippen LogP contribution < -0.4 is 4.74 Å². The van der Waals surface area contributed by atoms with Gasteiger partial charge in [0.25, 0.3) is 0 Å². The molecule has 1 aromatic carbocycles. The van der Waals surface area contributed by atoms with Crippen molar-refractivity contribution in [3.8, 4) is 5.75 Å². The van der Waals surface area contributed by atoms with Crippen LogP contribution in [0.15, 0.2) is 24.5 Å². The lowest BCUT2D eigenvalue weighted by Gasteiger charge is -2.32. The van der Waals surface area contributed by atoms with Crippen LogP contribution in [0, 0.1) is 13.8 Å². The Kier molecular flexibility index (Phi) is 3.26. The van der Waals surface area contributed by atoms with Crippen molar-refractivity contribution >= 4 is 0 Å². The van der Waals surface area contributed by atoms with E-state index in [1.165, 1.54) is 5.56 Å². The summed E-state index contributed by atoms with van der Waals surface area (Å²) in [5, 5.41) is 10.7. The van der Waals surface area contributed by atoms with Crippen molar-refractivity contribution < 1.29 is 9.84 Å². The van der Waals surface area contributed by atoms with Crippen LogP contribution in [-0.4, -0.2) is 21.8 Å². The van der Waals surface area contributed by atoms with Crippen LogP contribution in [0.3, 0.4) is 0 Å². The van der Waals surface area contributed by atoms with Gasteiger partial charge in [0.15, 0.2) is 0 Å². The number of methoxy groups -OCH3 is 1. The lowest BCUT2D eigenvalue weighted by atomic mass is 9.85. The molecule has 106 valence electrons. The Morgan fingerprint density at radius 2 is 2.15 bits per heavy atom. The van der Waals surface area contributed by atoms with Gasteiger partial charge >= 0.3 is 0 Å². The minimum Gasteiger partial charge on any atom is -0.497 e. The lowest BCUT2D eigenvalue weighted by molar-refractivity contribution is 0.0975. The standard InChI is InChI=1S/C16H20N2O2/c1-10-11(2)18(9-17-10)15-7-5-12-4-6-13(20-3)8-14(12)16(15)19/h4,6,8-9,15-16,19H,5,7H2,1-3H3. The second-order valence-corrected chi connectivity index (χ2v) is 5.44. The van der Waals surface area contributed by atoms with E-state index < -0.39 is 6.10 Å². The summed E-state index contributed by atoms with van der Waals surface area (Å²) in [6.07, 6.45) is 3.22. The predicted octanol–water partition coefficient (Wildman–Crippen LogP) is 2.73. The second kappa shape index (κ2) is 4.94. The number of aliphatic hydroxyl groups excluding tert-OH is 1. The van der Waals surface area contributed by atoms with Crippen molar-refractivity contribution in [2.75, 3.05) is 7.11 Å². The molecule has 0 amide bonds. The molecule has 0 bridgehead atoms. The molecule has 0 spiro atoms. The molecule has 4 nitrogen and oxygen atoms in total. The maximum absolute atomic E-state index is 10.7. The van der Waals surface area contributed by atoms with Crippen molar-refractivity contribution in [1.82, 2.24) is 9.55 Å². The first-order valence-corrected chi connectivity index (χ1v) is 6.96. The molecular formula is C16H20N2O2. The van der Waals surface area contributed by atoms with Crippen molar-refractivity contribution in [2.45, 2.75) is 38.8 Å². The molecular weight excluding hydrogens is 252 g/mol. The number of fused-ring (bicyclic) bond motifs is 1. The first-order chi connectivity index (χ1) is 9.61. The van der Waals surface area contributed by atoms with Gasteiger partial charge in [-0.2, -0.15) is 0 Å². The highest BCUT2D eigenvalue weighted by atomic mass is 16.5. The number of aryl methyl sites for hydroxylation is 2. The predicted molar refractivity (Wildman–Crippen MR) is 77.0 cm³/mol. The molecule has 0 saturated heterocycles. The molecule has 0 aliphatic heterocycles. The highest BCUT2D eigenvalue weighted by Crippen LogP contribution is 2.39. The van der Waals surface area contributed by atoms with Gasteiger partial charge in [-0.15, -0.1) is 0 Å². The first kappa shape index (κ1) is 13.2. The van der Waals surface area contributed by atoms with Crippen molar-refractivity contribution in [3.63, 3.8) is 0 Å². The van der Waals surface area contributed by atoms with Crippen LogP contribution in [-0.2, 0) is 6.42 Å². The van der Waals surface area contributed by atoms with E-state index in [0.29, 0.717) is 0 Å². The first-order valence-electron chi connectivity index (χ1n) is 6.96. The minimum absolute atomic E-state index is 0.0517. The molecule has 1 aliphatic carbocycles. The van der Waals surface area contributed by atoms with Crippen LogP contribution in [0.1, 0.15) is 41.1 Å². The second-order valence-electron chi connectivity index (χ2n) is 5.44. The number of nitrogens with zero attached hydrogens (tertiary/aromatic N) is 2. The van der Waals surface area contributed by atoms with Crippen molar-refractivity contribution in [2.24, 2.45) is 0 Å². The maximum atomic E-state index is 10.7. The van der Waals surface area contributed by atoms with E-state index in [0.717, 1.165) is 35.5 Å². The van der Waals surface area contributed by atoms with Gasteiger partial charge < -0.3 is 14.4 Å². The van der Waals surface area contributed by atoms with E-state index in [1.54, 1.807) is 7.11 Å². The van der Waals surface area contributed by atoms with Gasteiger partial charge in [-0.05, 0) is 49.9 Å². The fourth-order valence-corrected chi connectivity index (χ4v) is 3.01. The zero-order valence-electron chi connectivity index (χ0n) is 12.1. The monoisotopic (exact) mass is 272 g/mol. The number of aromatic nitrogens is 2. The third kappa shape index (κ3) is 2.00. The Morgan fingerprint density at radius 1 is 1.35 bits per heavy atom. The zero-order chi connectivity index (χ0) is 14.3. The zero-order valence-corrected chi connectivity index (χ0v) is 12.1. The Bertz CT molecular complexity index is 633. The highest BCUT2D eigenvalue weighted by Gasteiger charge is 2.30. The molecule has 1 N–H and O–H groups in total. The summed E-state index contributed by atoms with van der Waals surface area (Å²) in [4.78, 5) is 4.34. The van der Waals surface area contributed by atoms with Crippen LogP contribution in [0.5, 0.6) is 5.75 Å². The minimum atomic E-state index is -0.513. The molecule has 1 aromatic heterocycles. The van der Waals surface area contributed by atoms with E-state index in [4.69, 9.17) is 4.74 Å². The molecule has 1 heterocycles. The van der Waals surface area contributed by atoms with Crippen molar-refractivity contribution in [3.05, 3.63) is 47.0 Å². The average Bonchev–Trinajstić information content (AvgIpc) is 2.79. The SMILES string of the molecule is COc1ccc2c(c1)C(O)C(n1cnc(C)c1C)CC2. The molecule has 1 aliphatic rings. The molecule has 2 atom stereocenters. The number of hydrogen-bond donors (Lipinski definition) is 1. The van der Waals surface area contributed by atoms with Gasteiger partial charge in [0.2, 0.25) is 0 Å². The largest absolute Gasteiger partial charge is 0.497 e. The van der Waals surface area contributed by atoms with Gasteiger partial charge in [0.1, 0.15) is 11.9 Å². The summed E-state index contributed by atoms with van der Waals surface area (Å²) in [7, 11) is 1.65. The van der Waals surface area contributed by atoms with Crippen molar-refractivity contribution in [1.29, 1.82) is 0 Å². The normalized spacial score (nSPS) is 21.6. The molecule has 4 heteroatoms. The number of ether oxygens (including phenoxy) is 1. The quantitative estimate of drug-likeness (QED) is 0.914. The molecule has 20 heavy (non-hydrogen) atoms. The van der Waals surface area contributed by atoms with Gasteiger partial charge in [-0.25, -0.2) is 4.98 Å². The smallest absolute Gasteiger partial charge is 0.119 e. The summed E-state index contributed by atoms with van der Waals surface area (Å²) in [6.45, 7) is 4.05. The number of aliphatic hydroxyl groups is 1.